The van der Waals surface area contributed by atoms with Crippen molar-refractivity contribution in [3.05, 3.63) is 48.4 Å². The van der Waals surface area contributed by atoms with Gasteiger partial charge in [-0.3, -0.25) is 9.59 Å². The molecule has 1 atom stereocenters. The lowest BCUT2D eigenvalue weighted by Gasteiger charge is -2.21. The van der Waals surface area contributed by atoms with Crippen molar-refractivity contribution in [3.8, 4) is 5.75 Å². The molecule has 134 valence electrons. The maximum atomic E-state index is 12.4. The summed E-state index contributed by atoms with van der Waals surface area (Å²) in [7, 11) is 1.57. The van der Waals surface area contributed by atoms with Crippen molar-refractivity contribution in [2.75, 3.05) is 12.4 Å². The van der Waals surface area contributed by atoms with E-state index >= 15 is 0 Å². The first-order valence-electron chi connectivity index (χ1n) is 7.70. The van der Waals surface area contributed by atoms with Gasteiger partial charge < -0.3 is 19.8 Å². The van der Waals surface area contributed by atoms with Crippen LogP contribution in [0.3, 0.4) is 0 Å². The molecule has 2 heterocycles. The van der Waals surface area contributed by atoms with Crippen molar-refractivity contribution in [2.45, 2.75) is 11.7 Å². The van der Waals surface area contributed by atoms with E-state index in [4.69, 9.17) is 9.15 Å². The highest BCUT2D eigenvalue weighted by Crippen LogP contribution is 2.23. The molecule has 2 aromatic rings. The zero-order valence-corrected chi connectivity index (χ0v) is 14.7. The van der Waals surface area contributed by atoms with E-state index < -0.39 is 5.25 Å². The number of thioether (sulfide) groups is 1. The predicted molar refractivity (Wildman–Crippen MR) is 99.5 cm³/mol. The Labute approximate surface area is 153 Å². The monoisotopic (exact) mass is 372 g/mol. The number of hydrogen-bond acceptors (Lipinski definition) is 7. The largest absolute Gasteiger partial charge is 0.497 e. The standard InChI is InChI=1S/C17H16N4O4S/c1-24-12-6-4-11(5-7-12)19-16(23)14-9-15(22)20-17(26-14)21-18-10-13-3-2-8-25-13/h2-8,10,14H,9H2,1H3,(H,19,23)(H,20,21,22)/b18-10-. The van der Waals surface area contributed by atoms with Crippen molar-refractivity contribution in [1.29, 1.82) is 0 Å². The van der Waals surface area contributed by atoms with Gasteiger partial charge in [0.05, 0.1) is 19.6 Å². The van der Waals surface area contributed by atoms with E-state index in [9.17, 15) is 9.59 Å². The summed E-state index contributed by atoms with van der Waals surface area (Å²) in [5.41, 5.74) is 0.622. The molecule has 1 aromatic carbocycles. The summed E-state index contributed by atoms with van der Waals surface area (Å²) in [6.45, 7) is 0. The first-order valence-corrected chi connectivity index (χ1v) is 8.58. The fourth-order valence-corrected chi connectivity index (χ4v) is 3.08. The molecule has 0 saturated carbocycles. The Morgan fingerprint density at radius 3 is 2.88 bits per heavy atom. The van der Waals surface area contributed by atoms with Crippen LogP contribution in [0.4, 0.5) is 5.69 Å². The first-order chi connectivity index (χ1) is 12.6. The summed E-state index contributed by atoms with van der Waals surface area (Å²) in [5, 5.41) is 12.8. The second kappa shape index (κ2) is 8.34. The maximum absolute atomic E-state index is 12.4. The number of nitrogens with zero attached hydrogens (tertiary/aromatic N) is 2. The number of nitrogens with one attached hydrogen (secondary N) is 2. The smallest absolute Gasteiger partial charge is 0.238 e. The second-order valence-corrected chi connectivity index (χ2v) is 6.43. The minimum absolute atomic E-state index is 0.0631. The number of benzene rings is 1. The summed E-state index contributed by atoms with van der Waals surface area (Å²) < 4.78 is 10.2. The van der Waals surface area contributed by atoms with Gasteiger partial charge >= 0.3 is 0 Å². The Bertz CT molecular complexity index is 831. The van der Waals surface area contributed by atoms with Crippen molar-refractivity contribution in [3.63, 3.8) is 0 Å². The number of rotatable bonds is 5. The molecule has 0 bridgehead atoms. The van der Waals surface area contributed by atoms with E-state index in [1.165, 1.54) is 12.5 Å². The van der Waals surface area contributed by atoms with Crippen molar-refractivity contribution in [1.82, 2.24) is 5.32 Å². The zero-order chi connectivity index (χ0) is 18.4. The molecule has 2 amide bonds. The minimum atomic E-state index is -0.594. The molecule has 1 fully saturated rings. The number of carbonyl (C=O) groups excluding carboxylic acids is 2. The predicted octanol–water partition coefficient (Wildman–Crippen LogP) is 2.24. The second-order valence-electron chi connectivity index (χ2n) is 5.24. The van der Waals surface area contributed by atoms with Crippen molar-refractivity contribution < 1.29 is 18.7 Å². The molecule has 26 heavy (non-hydrogen) atoms. The molecule has 9 heteroatoms. The van der Waals surface area contributed by atoms with Crippen LogP contribution in [-0.2, 0) is 9.59 Å². The number of ether oxygens (including phenoxy) is 1. The molecular weight excluding hydrogens is 356 g/mol. The van der Waals surface area contributed by atoms with Gasteiger partial charge in [0.15, 0.2) is 5.17 Å². The van der Waals surface area contributed by atoms with Crippen LogP contribution >= 0.6 is 11.8 Å². The molecule has 0 radical (unpaired) electrons. The van der Waals surface area contributed by atoms with Crippen LogP contribution in [0.2, 0.25) is 0 Å². The van der Waals surface area contributed by atoms with E-state index in [0.717, 1.165) is 11.8 Å². The molecule has 1 saturated heterocycles. The molecule has 0 spiro atoms. The van der Waals surface area contributed by atoms with Crippen LogP contribution in [0.1, 0.15) is 12.2 Å². The third-order valence-electron chi connectivity index (χ3n) is 3.40. The van der Waals surface area contributed by atoms with Crippen LogP contribution in [0.15, 0.2) is 57.3 Å². The van der Waals surface area contributed by atoms with Crippen molar-refractivity contribution >= 4 is 40.6 Å². The highest BCUT2D eigenvalue weighted by Gasteiger charge is 2.30. The summed E-state index contributed by atoms with van der Waals surface area (Å²) in [5.74, 6) is 0.664. The molecule has 8 nitrogen and oxygen atoms in total. The fraction of sp³-hybridized carbons (Fsp3) is 0.176. The van der Waals surface area contributed by atoms with Gasteiger partial charge in [-0.2, -0.15) is 5.10 Å². The summed E-state index contributed by atoms with van der Waals surface area (Å²) in [6, 6.07) is 10.4. The third-order valence-corrected chi connectivity index (χ3v) is 4.47. The Morgan fingerprint density at radius 1 is 1.38 bits per heavy atom. The lowest BCUT2D eigenvalue weighted by atomic mass is 10.2. The highest BCUT2D eigenvalue weighted by atomic mass is 32.2. The normalized spacial score (nSPS) is 18.7. The van der Waals surface area contributed by atoms with E-state index in [-0.39, 0.29) is 23.4 Å². The average molecular weight is 372 g/mol. The summed E-state index contributed by atoms with van der Waals surface area (Å²) in [6.07, 6.45) is 3.00. The van der Waals surface area contributed by atoms with Gasteiger partial charge in [0.2, 0.25) is 11.8 Å². The van der Waals surface area contributed by atoms with Crippen LogP contribution in [0, 0.1) is 0 Å². The lowest BCUT2D eigenvalue weighted by molar-refractivity contribution is -0.123. The van der Waals surface area contributed by atoms with Gasteiger partial charge in [-0.25, -0.2) is 0 Å². The van der Waals surface area contributed by atoms with E-state index in [1.54, 1.807) is 43.5 Å². The Morgan fingerprint density at radius 2 is 2.19 bits per heavy atom. The van der Waals surface area contributed by atoms with Crippen molar-refractivity contribution in [2.24, 2.45) is 10.2 Å². The number of carbonyl (C=O) groups is 2. The van der Waals surface area contributed by atoms with Gasteiger partial charge in [-0.05, 0) is 36.4 Å². The fourth-order valence-electron chi connectivity index (χ4n) is 2.14. The molecular formula is C17H16N4O4S. The Balaban J connectivity index is 1.63. The first kappa shape index (κ1) is 17.7. The lowest BCUT2D eigenvalue weighted by Crippen LogP contribution is -2.41. The maximum Gasteiger partial charge on any atom is 0.238 e. The van der Waals surface area contributed by atoms with E-state index in [2.05, 4.69) is 20.8 Å². The van der Waals surface area contributed by atoms with Gasteiger partial charge in [0, 0.05) is 12.1 Å². The number of methoxy groups -OCH3 is 1. The Hall–Kier alpha value is -3.07. The number of furan rings is 1. The SMILES string of the molecule is COc1ccc(NC(=O)C2CC(=O)N/C(=N\N=C/c3ccco3)S2)cc1. The average Bonchev–Trinajstić information content (AvgIpc) is 3.15. The third kappa shape index (κ3) is 4.73. The molecule has 3 rings (SSSR count). The molecule has 0 aliphatic carbocycles. The number of amidine groups is 1. The number of anilines is 1. The van der Waals surface area contributed by atoms with Gasteiger partial charge in [0.25, 0.3) is 0 Å². The molecule has 1 aromatic heterocycles. The van der Waals surface area contributed by atoms with E-state index in [1.807, 2.05) is 0 Å². The van der Waals surface area contributed by atoms with Crippen LogP contribution < -0.4 is 15.4 Å². The number of hydrogen-bond donors (Lipinski definition) is 2. The zero-order valence-electron chi connectivity index (χ0n) is 13.8. The summed E-state index contributed by atoms with van der Waals surface area (Å²) in [4.78, 5) is 24.3. The molecule has 1 unspecified atom stereocenters. The quantitative estimate of drug-likeness (QED) is 0.619. The molecule has 1 aliphatic rings. The highest BCUT2D eigenvalue weighted by molar-refractivity contribution is 8.15. The van der Waals surface area contributed by atoms with E-state index in [0.29, 0.717) is 17.2 Å². The Kier molecular flexibility index (Phi) is 5.69. The van der Waals surface area contributed by atoms with Gasteiger partial charge in [0.1, 0.15) is 16.8 Å². The summed E-state index contributed by atoms with van der Waals surface area (Å²) >= 11 is 1.14. The van der Waals surface area contributed by atoms with Crippen LogP contribution in [0.5, 0.6) is 5.75 Å². The van der Waals surface area contributed by atoms with Crippen LogP contribution in [0.25, 0.3) is 0 Å². The van der Waals surface area contributed by atoms with Crippen LogP contribution in [-0.4, -0.2) is 35.6 Å². The minimum Gasteiger partial charge on any atom is -0.497 e. The topological polar surface area (TPSA) is 105 Å². The van der Waals surface area contributed by atoms with Gasteiger partial charge in [-0.1, -0.05) is 11.8 Å². The molecule has 1 aliphatic heterocycles. The molecule has 2 N–H and O–H groups in total. The van der Waals surface area contributed by atoms with Gasteiger partial charge in [-0.15, -0.1) is 5.10 Å². The number of amides is 2.